The number of rotatable bonds is 1. The normalized spacial score (nSPS) is 13.8. The number of H-pyrrole nitrogens is 1. The van der Waals surface area contributed by atoms with Crippen molar-refractivity contribution in [2.24, 2.45) is 0 Å². The molecule has 1 aromatic heterocycles. The summed E-state index contributed by atoms with van der Waals surface area (Å²) >= 11 is 9.20. The van der Waals surface area contributed by atoms with Crippen LogP contribution >= 0.6 is 27.5 Å². The van der Waals surface area contributed by atoms with Gasteiger partial charge in [-0.25, -0.2) is 0 Å². The van der Waals surface area contributed by atoms with E-state index in [0.717, 1.165) is 12.1 Å². The highest BCUT2D eigenvalue weighted by atomic mass is 79.9. The monoisotopic (exact) mass is 324 g/mol. The van der Waals surface area contributed by atoms with Crippen molar-refractivity contribution in [1.82, 2.24) is 4.98 Å². The predicted octanol–water partition coefficient (Wildman–Crippen LogP) is 3.63. The van der Waals surface area contributed by atoms with Crippen LogP contribution in [0.15, 0.2) is 34.9 Å². The number of benzene rings is 1. The first kappa shape index (κ1) is 11.8. The first-order valence-corrected chi connectivity index (χ1v) is 6.77. The third-order valence-corrected chi connectivity index (χ3v) is 4.24. The van der Waals surface area contributed by atoms with E-state index in [1.165, 1.54) is 5.56 Å². The maximum atomic E-state index is 12.4. The average Bonchev–Trinajstić information content (AvgIpc) is 2.93. The molecule has 0 spiro atoms. The molecule has 0 unspecified atom stereocenters. The maximum absolute atomic E-state index is 12.4. The van der Waals surface area contributed by atoms with Gasteiger partial charge in [0.2, 0.25) is 0 Å². The van der Waals surface area contributed by atoms with Gasteiger partial charge in [-0.15, -0.1) is 0 Å². The average molecular weight is 326 g/mol. The van der Waals surface area contributed by atoms with E-state index in [1.54, 1.807) is 11.0 Å². The zero-order valence-electron chi connectivity index (χ0n) is 9.41. The van der Waals surface area contributed by atoms with Crippen LogP contribution in [0.4, 0.5) is 5.69 Å². The number of aromatic nitrogens is 1. The van der Waals surface area contributed by atoms with Crippen LogP contribution in [0.5, 0.6) is 0 Å². The molecule has 0 saturated carbocycles. The summed E-state index contributed by atoms with van der Waals surface area (Å²) in [6.07, 6.45) is 0.900. The Balaban J connectivity index is 1.95. The van der Waals surface area contributed by atoms with Gasteiger partial charge < -0.3 is 9.88 Å². The molecule has 5 heteroatoms. The lowest BCUT2D eigenvalue weighted by atomic mass is 10.2. The van der Waals surface area contributed by atoms with Crippen molar-refractivity contribution in [3.63, 3.8) is 0 Å². The van der Waals surface area contributed by atoms with Crippen LogP contribution in [0.25, 0.3) is 0 Å². The lowest BCUT2D eigenvalue weighted by Crippen LogP contribution is -2.29. The largest absolute Gasteiger partial charge is 0.344 e. The third kappa shape index (κ3) is 1.85. The molecule has 18 heavy (non-hydrogen) atoms. The lowest BCUT2D eigenvalue weighted by Gasteiger charge is -2.16. The van der Waals surface area contributed by atoms with E-state index >= 15 is 0 Å². The van der Waals surface area contributed by atoms with Gasteiger partial charge in [0.05, 0.1) is 5.02 Å². The molecule has 1 N–H and O–H groups in total. The number of aromatic amines is 1. The number of hydrogen-bond acceptors (Lipinski definition) is 1. The SMILES string of the molecule is O=C(c1cc(Cl)c(Br)[nH]1)N1CCc2ccccc21. The fourth-order valence-electron chi connectivity index (χ4n) is 2.21. The minimum absolute atomic E-state index is 0.0486. The van der Waals surface area contributed by atoms with Crippen molar-refractivity contribution in [1.29, 1.82) is 0 Å². The Hall–Kier alpha value is -1.26. The van der Waals surface area contributed by atoms with Crippen LogP contribution in [0.3, 0.4) is 0 Å². The van der Waals surface area contributed by atoms with Gasteiger partial charge >= 0.3 is 0 Å². The Morgan fingerprint density at radius 3 is 2.89 bits per heavy atom. The molecule has 3 rings (SSSR count). The molecule has 3 nitrogen and oxygen atoms in total. The van der Waals surface area contributed by atoms with Gasteiger partial charge in [-0.05, 0) is 40.0 Å². The lowest BCUT2D eigenvalue weighted by molar-refractivity contribution is 0.0985. The number of hydrogen-bond donors (Lipinski definition) is 1. The van der Waals surface area contributed by atoms with Crippen LogP contribution < -0.4 is 4.90 Å². The second-order valence-corrected chi connectivity index (χ2v) is 5.38. The zero-order valence-corrected chi connectivity index (χ0v) is 11.8. The van der Waals surface area contributed by atoms with Crippen molar-refractivity contribution in [2.75, 3.05) is 11.4 Å². The van der Waals surface area contributed by atoms with Crippen molar-refractivity contribution in [2.45, 2.75) is 6.42 Å². The number of nitrogens with one attached hydrogen (secondary N) is 1. The molecule has 92 valence electrons. The van der Waals surface area contributed by atoms with Crippen molar-refractivity contribution in [3.8, 4) is 0 Å². The Bertz CT molecular complexity index is 604. The van der Waals surface area contributed by atoms with Gasteiger partial charge in [-0.1, -0.05) is 29.8 Å². The van der Waals surface area contributed by atoms with E-state index in [1.807, 2.05) is 18.2 Å². The number of halogens is 2. The number of amides is 1. The van der Waals surface area contributed by atoms with E-state index in [-0.39, 0.29) is 5.91 Å². The highest BCUT2D eigenvalue weighted by Gasteiger charge is 2.26. The molecule has 2 heterocycles. The fourth-order valence-corrected chi connectivity index (χ4v) is 2.70. The molecule has 1 aromatic carbocycles. The number of carbonyl (C=O) groups excluding carboxylic acids is 1. The van der Waals surface area contributed by atoms with Gasteiger partial charge in [-0.3, -0.25) is 4.79 Å². The van der Waals surface area contributed by atoms with Gasteiger partial charge in [-0.2, -0.15) is 0 Å². The summed E-state index contributed by atoms with van der Waals surface area (Å²) in [5.41, 5.74) is 2.70. The standard InChI is InChI=1S/C13H10BrClN2O/c14-12-9(15)7-10(16-12)13(18)17-6-5-8-3-1-2-4-11(8)17/h1-4,7,16H,5-6H2. The minimum atomic E-state index is -0.0486. The van der Waals surface area contributed by atoms with Crippen LogP contribution in [-0.2, 0) is 6.42 Å². The molecule has 0 bridgehead atoms. The topological polar surface area (TPSA) is 36.1 Å². The summed E-state index contributed by atoms with van der Waals surface area (Å²) in [5, 5.41) is 0.519. The van der Waals surface area contributed by atoms with Crippen LogP contribution in [-0.4, -0.2) is 17.4 Å². The highest BCUT2D eigenvalue weighted by Crippen LogP contribution is 2.30. The molecular formula is C13H10BrClN2O. The molecule has 1 amide bonds. The predicted molar refractivity (Wildman–Crippen MR) is 75.3 cm³/mol. The van der Waals surface area contributed by atoms with Crippen molar-refractivity contribution < 1.29 is 4.79 Å². The van der Waals surface area contributed by atoms with Gasteiger partial charge in [0, 0.05) is 12.2 Å². The van der Waals surface area contributed by atoms with Crippen LogP contribution in [0.1, 0.15) is 16.1 Å². The number of para-hydroxylation sites is 1. The van der Waals surface area contributed by atoms with E-state index < -0.39 is 0 Å². The highest BCUT2D eigenvalue weighted by molar-refractivity contribution is 9.10. The molecular weight excluding hydrogens is 316 g/mol. The van der Waals surface area contributed by atoms with E-state index in [4.69, 9.17) is 11.6 Å². The first-order chi connectivity index (χ1) is 8.66. The maximum Gasteiger partial charge on any atom is 0.274 e. The van der Waals surface area contributed by atoms with E-state index in [9.17, 15) is 4.79 Å². The number of fused-ring (bicyclic) bond motifs is 1. The number of anilines is 1. The summed E-state index contributed by atoms with van der Waals surface area (Å²) in [7, 11) is 0. The summed E-state index contributed by atoms with van der Waals surface area (Å²) in [4.78, 5) is 17.1. The number of carbonyl (C=O) groups is 1. The molecule has 0 fully saturated rings. The second kappa shape index (κ2) is 4.44. The van der Waals surface area contributed by atoms with Gasteiger partial charge in [0.25, 0.3) is 5.91 Å². The van der Waals surface area contributed by atoms with E-state index in [2.05, 4.69) is 27.0 Å². The fraction of sp³-hybridized carbons (Fsp3) is 0.154. The van der Waals surface area contributed by atoms with E-state index in [0.29, 0.717) is 21.9 Å². The van der Waals surface area contributed by atoms with Crippen LogP contribution in [0, 0.1) is 0 Å². The Morgan fingerprint density at radius 1 is 1.39 bits per heavy atom. The Morgan fingerprint density at radius 2 is 2.17 bits per heavy atom. The number of nitrogens with zero attached hydrogens (tertiary/aromatic N) is 1. The molecule has 0 saturated heterocycles. The summed E-state index contributed by atoms with van der Waals surface area (Å²) in [6, 6.07) is 9.62. The minimum Gasteiger partial charge on any atom is -0.344 e. The molecule has 1 aliphatic heterocycles. The second-order valence-electron chi connectivity index (χ2n) is 4.18. The zero-order chi connectivity index (χ0) is 12.7. The first-order valence-electron chi connectivity index (χ1n) is 5.60. The molecule has 1 aliphatic rings. The Labute approximate surface area is 118 Å². The van der Waals surface area contributed by atoms with Crippen molar-refractivity contribution in [3.05, 3.63) is 51.2 Å². The molecule has 0 radical (unpaired) electrons. The van der Waals surface area contributed by atoms with Gasteiger partial charge in [0.1, 0.15) is 10.3 Å². The molecule has 0 atom stereocenters. The summed E-state index contributed by atoms with van der Waals surface area (Å²) in [6.45, 7) is 0.715. The van der Waals surface area contributed by atoms with Crippen LogP contribution in [0.2, 0.25) is 5.02 Å². The smallest absolute Gasteiger partial charge is 0.274 e. The molecule has 2 aromatic rings. The van der Waals surface area contributed by atoms with Crippen molar-refractivity contribution >= 4 is 39.1 Å². The summed E-state index contributed by atoms with van der Waals surface area (Å²) in [5.74, 6) is -0.0486. The summed E-state index contributed by atoms with van der Waals surface area (Å²) < 4.78 is 0.639. The quantitative estimate of drug-likeness (QED) is 0.854. The molecule has 0 aliphatic carbocycles. The third-order valence-electron chi connectivity index (χ3n) is 3.09. The van der Waals surface area contributed by atoms with Gasteiger partial charge in [0.15, 0.2) is 0 Å². The Kier molecular flexibility index (Phi) is 2.92.